The second-order valence-electron chi connectivity index (χ2n) is 4.89. The third kappa shape index (κ3) is 3.22. The topological polar surface area (TPSA) is 12.5 Å². The maximum Gasteiger partial charge on any atom is 0.102 e. The van der Waals surface area contributed by atoms with Crippen LogP contribution in [0.4, 0.5) is 0 Å². The first-order chi connectivity index (χ1) is 9.24. The number of hydrogen-bond donors (Lipinski definition) is 0. The Kier molecular flexibility index (Phi) is 4.72. The smallest absolute Gasteiger partial charge is 0.102 e. The summed E-state index contributed by atoms with van der Waals surface area (Å²) >= 11 is 0. The molecular formula is C17H21NO. The van der Waals surface area contributed by atoms with Crippen LogP contribution in [-0.2, 0) is 4.74 Å². The predicted octanol–water partition coefficient (Wildman–Crippen LogP) is 3.68. The molecule has 100 valence electrons. The van der Waals surface area contributed by atoms with Gasteiger partial charge in [-0.3, -0.25) is 4.90 Å². The van der Waals surface area contributed by atoms with Crippen molar-refractivity contribution in [2.45, 2.75) is 12.1 Å². The normalized spacial score (nSPS) is 14.3. The van der Waals surface area contributed by atoms with Crippen molar-refractivity contribution in [3.8, 4) is 0 Å². The lowest BCUT2D eigenvalue weighted by Crippen LogP contribution is -2.27. The Morgan fingerprint density at radius 1 is 0.789 bits per heavy atom. The molecule has 0 N–H and O–H groups in total. The molecule has 0 saturated carbocycles. The highest BCUT2D eigenvalue weighted by atomic mass is 16.5. The highest BCUT2D eigenvalue weighted by Crippen LogP contribution is 2.34. The van der Waals surface area contributed by atoms with Crippen molar-refractivity contribution in [2.75, 3.05) is 21.2 Å². The molecule has 0 aliphatic carbocycles. The first kappa shape index (κ1) is 13.8. The van der Waals surface area contributed by atoms with Crippen LogP contribution in [-0.4, -0.2) is 26.1 Å². The molecule has 2 atom stereocenters. The van der Waals surface area contributed by atoms with Gasteiger partial charge in [0.15, 0.2) is 0 Å². The van der Waals surface area contributed by atoms with Crippen LogP contribution >= 0.6 is 0 Å². The minimum absolute atomic E-state index is 0.0265. The summed E-state index contributed by atoms with van der Waals surface area (Å²) in [5.74, 6) is 0. The van der Waals surface area contributed by atoms with E-state index in [1.807, 2.05) is 12.1 Å². The van der Waals surface area contributed by atoms with Crippen LogP contribution < -0.4 is 0 Å². The van der Waals surface area contributed by atoms with Gasteiger partial charge in [-0.05, 0) is 25.2 Å². The van der Waals surface area contributed by atoms with E-state index < -0.39 is 0 Å². The number of ether oxygens (including phenoxy) is 1. The Bertz CT molecular complexity index is 481. The number of methoxy groups -OCH3 is 1. The lowest BCUT2D eigenvalue weighted by molar-refractivity contribution is 0.0302. The van der Waals surface area contributed by atoms with Crippen LogP contribution in [0.3, 0.4) is 0 Å². The van der Waals surface area contributed by atoms with E-state index in [1.54, 1.807) is 7.11 Å². The van der Waals surface area contributed by atoms with E-state index in [0.717, 1.165) is 0 Å². The third-order valence-electron chi connectivity index (χ3n) is 3.37. The molecule has 0 aromatic heterocycles. The van der Waals surface area contributed by atoms with Gasteiger partial charge in [0.2, 0.25) is 0 Å². The highest BCUT2D eigenvalue weighted by Gasteiger charge is 2.26. The minimum atomic E-state index is 0.0265. The van der Waals surface area contributed by atoms with Crippen LogP contribution in [0.2, 0.25) is 0 Å². The molecule has 0 saturated heterocycles. The molecule has 2 heteroatoms. The third-order valence-corrected chi connectivity index (χ3v) is 3.37. The number of benzene rings is 2. The van der Waals surface area contributed by atoms with Crippen molar-refractivity contribution in [1.29, 1.82) is 0 Å². The lowest BCUT2D eigenvalue weighted by Gasteiger charge is -2.32. The summed E-state index contributed by atoms with van der Waals surface area (Å²) in [7, 11) is 5.95. The lowest BCUT2D eigenvalue weighted by atomic mass is 9.95. The Morgan fingerprint density at radius 3 is 1.68 bits per heavy atom. The SMILES string of the molecule is CO[C@H](c1ccccc1)[C@@H](c1ccccc1)N(C)C. The molecule has 0 fully saturated rings. The monoisotopic (exact) mass is 255 g/mol. The molecule has 0 radical (unpaired) electrons. The average molecular weight is 255 g/mol. The van der Waals surface area contributed by atoms with Gasteiger partial charge in [0, 0.05) is 7.11 Å². The van der Waals surface area contributed by atoms with Gasteiger partial charge in [-0.2, -0.15) is 0 Å². The van der Waals surface area contributed by atoms with Crippen LogP contribution in [0.1, 0.15) is 23.3 Å². The van der Waals surface area contributed by atoms with Crippen LogP contribution in [0.5, 0.6) is 0 Å². The van der Waals surface area contributed by atoms with Crippen LogP contribution in [0, 0.1) is 0 Å². The van der Waals surface area contributed by atoms with E-state index >= 15 is 0 Å². The van der Waals surface area contributed by atoms with Crippen LogP contribution in [0.25, 0.3) is 0 Å². The van der Waals surface area contributed by atoms with Gasteiger partial charge in [-0.1, -0.05) is 60.7 Å². The summed E-state index contributed by atoms with van der Waals surface area (Å²) < 4.78 is 5.77. The molecule has 0 bridgehead atoms. The molecule has 2 rings (SSSR count). The second-order valence-corrected chi connectivity index (χ2v) is 4.89. The fraction of sp³-hybridized carbons (Fsp3) is 0.294. The fourth-order valence-corrected chi connectivity index (χ4v) is 2.48. The molecule has 0 unspecified atom stereocenters. The van der Waals surface area contributed by atoms with Crippen molar-refractivity contribution in [3.05, 3.63) is 71.8 Å². The molecule has 0 spiro atoms. The molecule has 0 aliphatic rings. The van der Waals surface area contributed by atoms with Crippen molar-refractivity contribution in [1.82, 2.24) is 4.90 Å². The summed E-state index contributed by atoms with van der Waals surface area (Å²) in [5.41, 5.74) is 2.47. The summed E-state index contributed by atoms with van der Waals surface area (Å²) in [5, 5.41) is 0. The molecule has 2 aromatic carbocycles. The van der Waals surface area contributed by atoms with Gasteiger partial charge in [0.1, 0.15) is 6.10 Å². The summed E-state index contributed by atoms with van der Waals surface area (Å²) in [6.07, 6.45) is 0.0265. The van der Waals surface area contributed by atoms with Crippen molar-refractivity contribution >= 4 is 0 Å². The number of hydrogen-bond acceptors (Lipinski definition) is 2. The summed E-state index contributed by atoms with van der Waals surface area (Å²) in [6.45, 7) is 0. The molecular weight excluding hydrogens is 234 g/mol. The zero-order valence-electron chi connectivity index (χ0n) is 11.8. The van der Waals surface area contributed by atoms with E-state index in [4.69, 9.17) is 4.74 Å². The van der Waals surface area contributed by atoms with Gasteiger partial charge in [-0.15, -0.1) is 0 Å². The first-order valence-corrected chi connectivity index (χ1v) is 6.53. The average Bonchev–Trinajstić information content (AvgIpc) is 2.46. The molecule has 0 aliphatic heterocycles. The highest BCUT2D eigenvalue weighted by molar-refractivity contribution is 5.26. The van der Waals surface area contributed by atoms with Crippen molar-refractivity contribution < 1.29 is 4.74 Å². The second kappa shape index (κ2) is 6.50. The predicted molar refractivity (Wildman–Crippen MR) is 79.1 cm³/mol. The van der Waals surface area contributed by atoms with E-state index in [1.165, 1.54) is 11.1 Å². The van der Waals surface area contributed by atoms with E-state index in [-0.39, 0.29) is 12.1 Å². The van der Waals surface area contributed by atoms with Crippen molar-refractivity contribution in [2.24, 2.45) is 0 Å². The quantitative estimate of drug-likeness (QED) is 0.808. The molecule has 19 heavy (non-hydrogen) atoms. The Hall–Kier alpha value is -1.64. The van der Waals surface area contributed by atoms with Gasteiger partial charge in [-0.25, -0.2) is 0 Å². The number of likely N-dealkylation sites (N-methyl/N-ethyl adjacent to an activating group) is 1. The molecule has 2 aromatic rings. The largest absolute Gasteiger partial charge is 0.375 e. The zero-order chi connectivity index (χ0) is 13.7. The van der Waals surface area contributed by atoms with E-state index in [0.29, 0.717) is 0 Å². The molecule has 0 amide bonds. The maximum atomic E-state index is 5.77. The van der Waals surface area contributed by atoms with E-state index in [2.05, 4.69) is 67.5 Å². The zero-order valence-corrected chi connectivity index (χ0v) is 11.8. The Morgan fingerprint density at radius 2 is 1.26 bits per heavy atom. The van der Waals surface area contributed by atoms with Gasteiger partial charge in [0.05, 0.1) is 6.04 Å². The molecule has 0 heterocycles. The standard InChI is InChI=1S/C17H21NO/c1-18(2)16(14-10-6-4-7-11-14)17(19-3)15-12-8-5-9-13-15/h4-13,16-17H,1-3H3/t16-,17-/m1/s1. The Balaban J connectivity index is 2.38. The van der Waals surface area contributed by atoms with Gasteiger partial charge < -0.3 is 4.74 Å². The maximum absolute atomic E-state index is 5.77. The van der Waals surface area contributed by atoms with Gasteiger partial charge in [0.25, 0.3) is 0 Å². The van der Waals surface area contributed by atoms with E-state index in [9.17, 15) is 0 Å². The minimum Gasteiger partial charge on any atom is -0.375 e. The van der Waals surface area contributed by atoms with Crippen LogP contribution in [0.15, 0.2) is 60.7 Å². The number of nitrogens with zero attached hydrogens (tertiary/aromatic N) is 1. The number of rotatable bonds is 5. The fourth-order valence-electron chi connectivity index (χ4n) is 2.48. The first-order valence-electron chi connectivity index (χ1n) is 6.53. The summed E-state index contributed by atoms with van der Waals surface area (Å²) in [4.78, 5) is 2.20. The van der Waals surface area contributed by atoms with Gasteiger partial charge >= 0.3 is 0 Å². The summed E-state index contributed by atoms with van der Waals surface area (Å²) in [6, 6.07) is 21.1. The van der Waals surface area contributed by atoms with Crippen molar-refractivity contribution in [3.63, 3.8) is 0 Å². The Labute approximate surface area is 115 Å². The molecule has 2 nitrogen and oxygen atoms in total.